The van der Waals surface area contributed by atoms with Crippen LogP contribution in [0, 0.1) is 0 Å². The van der Waals surface area contributed by atoms with Crippen LogP contribution in [0.3, 0.4) is 0 Å². The van der Waals surface area contributed by atoms with E-state index in [2.05, 4.69) is 11.9 Å². The molecule has 0 unspecified atom stereocenters. The summed E-state index contributed by atoms with van der Waals surface area (Å²) in [5.74, 6) is -1.33. The summed E-state index contributed by atoms with van der Waals surface area (Å²) in [5.41, 5.74) is 0.406. The first-order valence-corrected chi connectivity index (χ1v) is 5.05. The highest BCUT2D eigenvalue weighted by Gasteiger charge is 2.08. The maximum absolute atomic E-state index is 11.6. The number of carbonyl (C=O) groups is 2. The Labute approximate surface area is 95.4 Å². The van der Waals surface area contributed by atoms with Crippen LogP contribution in [0.2, 0.25) is 0 Å². The van der Waals surface area contributed by atoms with Crippen molar-refractivity contribution in [2.75, 3.05) is 6.54 Å². The van der Waals surface area contributed by atoms with Crippen LogP contribution >= 0.6 is 0 Å². The molecule has 0 aliphatic carbocycles. The monoisotopic (exact) mass is 223 g/mol. The SMILES string of the molecule is C=C/C=C(\C=C(/C)C(=O)O)C(=O)NCCC. The van der Waals surface area contributed by atoms with E-state index in [0.717, 1.165) is 6.42 Å². The molecule has 4 nitrogen and oxygen atoms in total. The van der Waals surface area contributed by atoms with Crippen molar-refractivity contribution in [3.8, 4) is 0 Å². The first kappa shape index (κ1) is 14.2. The van der Waals surface area contributed by atoms with Crippen LogP contribution in [0.25, 0.3) is 0 Å². The van der Waals surface area contributed by atoms with E-state index in [-0.39, 0.29) is 11.5 Å². The molecule has 16 heavy (non-hydrogen) atoms. The van der Waals surface area contributed by atoms with Crippen molar-refractivity contribution < 1.29 is 14.7 Å². The molecule has 0 rings (SSSR count). The first-order chi connectivity index (χ1) is 7.52. The van der Waals surface area contributed by atoms with Gasteiger partial charge in [0, 0.05) is 17.7 Å². The van der Waals surface area contributed by atoms with Crippen molar-refractivity contribution >= 4 is 11.9 Å². The number of carboxylic acids is 1. The molecule has 0 saturated carbocycles. The zero-order chi connectivity index (χ0) is 12.6. The Morgan fingerprint density at radius 2 is 2.06 bits per heavy atom. The lowest BCUT2D eigenvalue weighted by Gasteiger charge is -2.04. The van der Waals surface area contributed by atoms with Crippen molar-refractivity contribution in [3.63, 3.8) is 0 Å². The average Bonchev–Trinajstić information content (AvgIpc) is 2.24. The van der Waals surface area contributed by atoms with Crippen molar-refractivity contribution in [1.29, 1.82) is 0 Å². The lowest BCUT2D eigenvalue weighted by atomic mass is 10.1. The van der Waals surface area contributed by atoms with Crippen molar-refractivity contribution in [3.05, 3.63) is 36.0 Å². The van der Waals surface area contributed by atoms with Crippen molar-refractivity contribution in [1.82, 2.24) is 5.32 Å². The van der Waals surface area contributed by atoms with Crippen LogP contribution in [-0.4, -0.2) is 23.5 Å². The van der Waals surface area contributed by atoms with Crippen molar-refractivity contribution in [2.24, 2.45) is 0 Å². The largest absolute Gasteiger partial charge is 0.478 e. The van der Waals surface area contributed by atoms with Gasteiger partial charge in [0.05, 0.1) is 0 Å². The number of carboxylic acid groups (broad SMARTS) is 1. The topological polar surface area (TPSA) is 66.4 Å². The zero-order valence-corrected chi connectivity index (χ0v) is 9.62. The van der Waals surface area contributed by atoms with Gasteiger partial charge in [-0.3, -0.25) is 4.79 Å². The molecule has 0 aromatic heterocycles. The minimum absolute atomic E-state index is 0.111. The van der Waals surface area contributed by atoms with Crippen LogP contribution in [0.1, 0.15) is 20.3 Å². The highest BCUT2D eigenvalue weighted by molar-refractivity contribution is 5.99. The fraction of sp³-hybridized carbons (Fsp3) is 0.333. The molecule has 0 spiro atoms. The Bertz CT molecular complexity index is 340. The first-order valence-electron chi connectivity index (χ1n) is 5.05. The summed E-state index contributed by atoms with van der Waals surface area (Å²) in [4.78, 5) is 22.2. The number of nitrogens with one attached hydrogen (secondary N) is 1. The van der Waals surface area contributed by atoms with E-state index in [1.165, 1.54) is 25.2 Å². The maximum atomic E-state index is 11.6. The predicted octanol–water partition coefficient (Wildman–Crippen LogP) is 1.66. The highest BCUT2D eigenvalue weighted by atomic mass is 16.4. The van der Waals surface area contributed by atoms with Gasteiger partial charge in [0.15, 0.2) is 0 Å². The van der Waals surface area contributed by atoms with E-state index in [4.69, 9.17) is 5.11 Å². The van der Waals surface area contributed by atoms with Gasteiger partial charge in [0.2, 0.25) is 0 Å². The van der Waals surface area contributed by atoms with Crippen molar-refractivity contribution in [2.45, 2.75) is 20.3 Å². The van der Waals surface area contributed by atoms with E-state index < -0.39 is 5.97 Å². The molecule has 0 aromatic carbocycles. The third-order valence-electron chi connectivity index (χ3n) is 1.80. The Hall–Kier alpha value is -1.84. The second-order valence-corrected chi connectivity index (χ2v) is 3.25. The second kappa shape index (κ2) is 7.45. The van der Waals surface area contributed by atoms with Gasteiger partial charge in [-0.15, -0.1) is 0 Å². The normalized spacial score (nSPS) is 12.1. The minimum Gasteiger partial charge on any atom is -0.478 e. The lowest BCUT2D eigenvalue weighted by molar-refractivity contribution is -0.132. The Kier molecular flexibility index (Phi) is 6.59. The number of hydrogen-bond acceptors (Lipinski definition) is 2. The van der Waals surface area contributed by atoms with E-state index in [1.807, 2.05) is 6.92 Å². The standard InChI is InChI=1S/C12H17NO3/c1-4-6-10(8-9(3)12(15)16)11(14)13-7-5-2/h4,6,8H,1,5,7H2,2-3H3,(H,13,14)(H,15,16)/b9-8+,10-6+. The predicted molar refractivity (Wildman–Crippen MR) is 63.0 cm³/mol. The molecule has 0 fully saturated rings. The quantitative estimate of drug-likeness (QED) is 0.531. The molecule has 0 saturated heterocycles. The smallest absolute Gasteiger partial charge is 0.331 e. The average molecular weight is 223 g/mol. The zero-order valence-electron chi connectivity index (χ0n) is 9.62. The fourth-order valence-corrected chi connectivity index (χ4v) is 0.952. The number of hydrogen-bond donors (Lipinski definition) is 2. The number of amides is 1. The molecule has 0 bridgehead atoms. The summed E-state index contributed by atoms with van der Waals surface area (Å²) in [6.45, 7) is 7.42. The second-order valence-electron chi connectivity index (χ2n) is 3.25. The molecule has 0 aromatic rings. The molecule has 4 heteroatoms. The van der Waals surface area contributed by atoms with Gasteiger partial charge in [0.1, 0.15) is 0 Å². The summed E-state index contributed by atoms with van der Waals surface area (Å²) in [7, 11) is 0. The molecular weight excluding hydrogens is 206 g/mol. The third kappa shape index (κ3) is 5.14. The van der Waals surface area contributed by atoms with Gasteiger partial charge >= 0.3 is 5.97 Å². The maximum Gasteiger partial charge on any atom is 0.331 e. The number of allylic oxidation sites excluding steroid dienone is 2. The van der Waals surface area contributed by atoms with Crippen LogP contribution in [-0.2, 0) is 9.59 Å². The minimum atomic E-state index is -1.04. The van der Waals surface area contributed by atoms with Gasteiger partial charge in [-0.05, 0) is 19.4 Å². The molecule has 0 aliphatic rings. The molecule has 1 amide bonds. The third-order valence-corrected chi connectivity index (χ3v) is 1.80. The molecule has 0 radical (unpaired) electrons. The molecule has 88 valence electrons. The Morgan fingerprint density at radius 3 is 2.50 bits per heavy atom. The lowest BCUT2D eigenvalue weighted by Crippen LogP contribution is -2.25. The Morgan fingerprint density at radius 1 is 1.44 bits per heavy atom. The van der Waals surface area contributed by atoms with E-state index >= 15 is 0 Å². The molecule has 0 aliphatic heterocycles. The van der Waals surface area contributed by atoms with Gasteiger partial charge < -0.3 is 10.4 Å². The number of carbonyl (C=O) groups excluding carboxylic acids is 1. The molecule has 2 N–H and O–H groups in total. The van der Waals surface area contributed by atoms with Crippen LogP contribution in [0.5, 0.6) is 0 Å². The summed E-state index contributed by atoms with van der Waals surface area (Å²) in [6.07, 6.45) is 5.09. The van der Waals surface area contributed by atoms with E-state index in [1.54, 1.807) is 0 Å². The summed E-state index contributed by atoms with van der Waals surface area (Å²) in [6, 6.07) is 0. The van der Waals surface area contributed by atoms with Crippen LogP contribution in [0.4, 0.5) is 0 Å². The van der Waals surface area contributed by atoms with Gasteiger partial charge in [0.25, 0.3) is 5.91 Å². The number of aliphatic carboxylic acids is 1. The fourth-order valence-electron chi connectivity index (χ4n) is 0.952. The molecular formula is C12H17NO3. The summed E-state index contributed by atoms with van der Waals surface area (Å²) >= 11 is 0. The Balaban J connectivity index is 4.83. The molecule has 0 heterocycles. The van der Waals surface area contributed by atoms with Gasteiger partial charge in [-0.1, -0.05) is 25.7 Å². The van der Waals surface area contributed by atoms with E-state index in [9.17, 15) is 9.59 Å². The summed E-state index contributed by atoms with van der Waals surface area (Å²) < 4.78 is 0. The van der Waals surface area contributed by atoms with Gasteiger partial charge in [-0.25, -0.2) is 4.79 Å². The van der Waals surface area contributed by atoms with Crippen LogP contribution in [0.15, 0.2) is 36.0 Å². The number of rotatable bonds is 6. The summed E-state index contributed by atoms with van der Waals surface area (Å²) in [5, 5.41) is 11.4. The van der Waals surface area contributed by atoms with Gasteiger partial charge in [-0.2, -0.15) is 0 Å². The molecule has 0 atom stereocenters. The van der Waals surface area contributed by atoms with Crippen LogP contribution < -0.4 is 5.32 Å². The highest BCUT2D eigenvalue weighted by Crippen LogP contribution is 2.03. The van der Waals surface area contributed by atoms with E-state index in [0.29, 0.717) is 12.1 Å².